The van der Waals surface area contributed by atoms with E-state index >= 15 is 4.39 Å². The van der Waals surface area contributed by atoms with Gasteiger partial charge in [0.1, 0.15) is 16.9 Å². The Morgan fingerprint density at radius 2 is 1.88 bits per heavy atom. The number of nitrogens with one attached hydrogen (secondary N) is 2. The Morgan fingerprint density at radius 3 is 2.60 bits per heavy atom. The number of anilines is 2. The van der Waals surface area contributed by atoms with Crippen molar-refractivity contribution in [2.45, 2.75) is 19.8 Å². The van der Waals surface area contributed by atoms with Crippen LogP contribution in [0.4, 0.5) is 15.8 Å². The Kier molecular flexibility index (Phi) is 8.21. The molecule has 216 valence electrons. The maximum Gasteiger partial charge on any atom is 0.240 e. The van der Waals surface area contributed by atoms with Crippen LogP contribution < -0.4 is 20.1 Å². The average Bonchev–Trinajstić information content (AvgIpc) is 3.70. The predicted octanol–water partition coefficient (Wildman–Crippen LogP) is 6.54. The van der Waals surface area contributed by atoms with Crippen LogP contribution in [0.2, 0.25) is 0 Å². The molecule has 1 fully saturated rings. The SMILES string of the molecule is C=C(/N=C\N(C)CC)c1cc2nccc(Oc3ccc(NC(=O)C4(C(=O)Nc5ccccc5OC)CC4)cc3F)c2s1. The van der Waals surface area contributed by atoms with Crippen LogP contribution in [-0.4, -0.2) is 48.7 Å². The number of aromatic nitrogens is 1. The van der Waals surface area contributed by atoms with Crippen LogP contribution in [0.25, 0.3) is 15.9 Å². The maximum atomic E-state index is 15.2. The minimum atomic E-state index is -1.23. The molecule has 2 aromatic heterocycles. The number of halogens is 1. The van der Waals surface area contributed by atoms with E-state index in [0.29, 0.717) is 41.2 Å². The molecule has 2 N–H and O–H groups in total. The minimum absolute atomic E-state index is 0.0214. The predicted molar refractivity (Wildman–Crippen MR) is 164 cm³/mol. The Bertz CT molecular complexity index is 1700. The monoisotopic (exact) mass is 587 g/mol. The van der Waals surface area contributed by atoms with Crippen molar-refractivity contribution in [3.05, 3.63) is 78.1 Å². The number of para-hydroxylation sites is 2. The van der Waals surface area contributed by atoms with Gasteiger partial charge in [0.15, 0.2) is 11.6 Å². The summed E-state index contributed by atoms with van der Waals surface area (Å²) in [5.74, 6) is -0.713. The molecular weight excluding hydrogens is 557 g/mol. The molecule has 1 aliphatic carbocycles. The summed E-state index contributed by atoms with van der Waals surface area (Å²) in [7, 11) is 3.42. The lowest BCUT2D eigenvalue weighted by atomic mass is 10.0. The molecule has 4 aromatic rings. The molecule has 0 saturated heterocycles. The van der Waals surface area contributed by atoms with E-state index in [-0.39, 0.29) is 11.4 Å². The summed E-state index contributed by atoms with van der Waals surface area (Å²) in [5, 5.41) is 5.46. The molecule has 9 nitrogen and oxygen atoms in total. The molecule has 0 aliphatic heterocycles. The van der Waals surface area contributed by atoms with Gasteiger partial charge in [-0.05, 0) is 50.1 Å². The first kappa shape index (κ1) is 28.7. The smallest absolute Gasteiger partial charge is 0.240 e. The lowest BCUT2D eigenvalue weighted by molar-refractivity contribution is -0.131. The Labute approximate surface area is 246 Å². The zero-order valence-corrected chi connectivity index (χ0v) is 24.3. The minimum Gasteiger partial charge on any atom is -0.495 e. The van der Waals surface area contributed by atoms with E-state index in [1.165, 1.54) is 36.6 Å². The van der Waals surface area contributed by atoms with Gasteiger partial charge in [-0.2, -0.15) is 0 Å². The number of thiophene rings is 1. The number of carbonyl (C=O) groups is 2. The normalized spacial score (nSPS) is 13.5. The molecule has 1 saturated carbocycles. The highest BCUT2D eigenvalue weighted by Crippen LogP contribution is 2.48. The fraction of sp³-hybridized carbons (Fsp3) is 0.226. The molecule has 1 aliphatic rings. The van der Waals surface area contributed by atoms with E-state index in [0.717, 1.165) is 16.1 Å². The van der Waals surface area contributed by atoms with Crippen LogP contribution in [0.5, 0.6) is 17.2 Å². The summed E-state index contributed by atoms with van der Waals surface area (Å²) in [6, 6.07) is 14.6. The van der Waals surface area contributed by atoms with Crippen molar-refractivity contribution < 1.29 is 23.5 Å². The first-order valence-corrected chi connectivity index (χ1v) is 14.1. The molecule has 42 heavy (non-hydrogen) atoms. The first-order chi connectivity index (χ1) is 20.2. The van der Waals surface area contributed by atoms with Gasteiger partial charge in [-0.15, -0.1) is 11.3 Å². The van der Waals surface area contributed by atoms with Crippen molar-refractivity contribution in [3.63, 3.8) is 0 Å². The standard InChI is InChI=1S/C31H30FN5O4S/c1-5-37(3)18-34-19(2)27-17-23-28(42-27)26(12-15-33-23)41-24-11-10-20(16-21(24)32)35-29(38)31(13-14-31)30(39)36-22-8-6-7-9-25(22)40-4/h6-12,15-18H,2,5,13-14H2,1,3-4H3,(H,35,38)(H,36,39)/b34-18-. The van der Waals surface area contributed by atoms with Gasteiger partial charge in [0.05, 0.1) is 39.9 Å². The third kappa shape index (κ3) is 5.96. The first-order valence-electron chi connectivity index (χ1n) is 13.3. The Morgan fingerprint density at radius 1 is 1.12 bits per heavy atom. The molecule has 0 unspecified atom stereocenters. The van der Waals surface area contributed by atoms with Gasteiger partial charge in [0.2, 0.25) is 11.8 Å². The van der Waals surface area contributed by atoms with Gasteiger partial charge >= 0.3 is 0 Å². The van der Waals surface area contributed by atoms with Crippen LogP contribution in [0, 0.1) is 11.2 Å². The molecule has 0 atom stereocenters. The molecule has 2 heterocycles. The fourth-order valence-corrected chi connectivity index (χ4v) is 5.14. The number of carbonyl (C=O) groups excluding carboxylic acids is 2. The summed E-state index contributed by atoms with van der Waals surface area (Å²) in [5.41, 5.74) is 0.719. The molecule has 2 amide bonds. The highest BCUT2D eigenvalue weighted by Gasteiger charge is 2.56. The van der Waals surface area contributed by atoms with E-state index in [1.807, 2.05) is 24.9 Å². The van der Waals surface area contributed by atoms with Crippen LogP contribution in [0.15, 0.2) is 72.4 Å². The van der Waals surface area contributed by atoms with E-state index in [1.54, 1.807) is 42.9 Å². The van der Waals surface area contributed by atoms with Crippen LogP contribution >= 0.6 is 11.3 Å². The van der Waals surface area contributed by atoms with Crippen molar-refractivity contribution in [2.75, 3.05) is 31.3 Å². The van der Waals surface area contributed by atoms with Gasteiger partial charge in [0.25, 0.3) is 0 Å². The number of hydrogen-bond donors (Lipinski definition) is 2. The Hall–Kier alpha value is -4.77. The van der Waals surface area contributed by atoms with E-state index in [4.69, 9.17) is 9.47 Å². The topological polar surface area (TPSA) is 105 Å². The number of ether oxygens (including phenoxy) is 2. The van der Waals surface area contributed by atoms with Crippen LogP contribution in [0.1, 0.15) is 24.6 Å². The van der Waals surface area contributed by atoms with Crippen LogP contribution in [-0.2, 0) is 9.59 Å². The second-order valence-electron chi connectivity index (χ2n) is 9.84. The summed E-state index contributed by atoms with van der Waals surface area (Å²) in [4.78, 5) is 37.6. The number of amides is 2. The third-order valence-electron chi connectivity index (χ3n) is 6.95. The number of hydrogen-bond acceptors (Lipinski definition) is 7. The number of rotatable bonds is 11. The van der Waals surface area contributed by atoms with E-state index in [9.17, 15) is 9.59 Å². The van der Waals surface area contributed by atoms with Gasteiger partial charge in [-0.1, -0.05) is 18.7 Å². The van der Waals surface area contributed by atoms with Crippen molar-refractivity contribution in [1.29, 1.82) is 0 Å². The number of aliphatic imine (C=N–C) groups is 1. The average molecular weight is 588 g/mol. The number of pyridine rings is 1. The summed E-state index contributed by atoms with van der Waals surface area (Å²) in [6.45, 7) is 6.88. The molecule has 0 bridgehead atoms. The molecular formula is C31H30FN5O4S. The zero-order chi connectivity index (χ0) is 29.9. The highest BCUT2D eigenvalue weighted by molar-refractivity contribution is 7.20. The fourth-order valence-electron chi connectivity index (χ4n) is 4.15. The number of fused-ring (bicyclic) bond motifs is 1. The van der Waals surface area contributed by atoms with Gasteiger partial charge in [-0.25, -0.2) is 9.38 Å². The summed E-state index contributed by atoms with van der Waals surface area (Å²) < 4.78 is 27.1. The van der Waals surface area contributed by atoms with Crippen molar-refractivity contribution in [1.82, 2.24) is 9.88 Å². The number of nitrogens with zero attached hydrogens (tertiary/aromatic N) is 3. The molecule has 5 rings (SSSR count). The largest absolute Gasteiger partial charge is 0.495 e. The lowest BCUT2D eigenvalue weighted by Crippen LogP contribution is -2.35. The quantitative estimate of drug-likeness (QED) is 0.117. The summed E-state index contributed by atoms with van der Waals surface area (Å²) >= 11 is 1.40. The maximum absolute atomic E-state index is 15.2. The van der Waals surface area contributed by atoms with Gasteiger partial charge < -0.3 is 25.0 Å². The third-order valence-corrected chi connectivity index (χ3v) is 8.14. The summed E-state index contributed by atoms with van der Waals surface area (Å²) in [6.07, 6.45) is 4.07. The zero-order valence-electron chi connectivity index (χ0n) is 23.4. The van der Waals surface area contributed by atoms with E-state index < -0.39 is 23.0 Å². The molecule has 0 spiro atoms. The van der Waals surface area contributed by atoms with Gasteiger partial charge in [0, 0.05) is 37.6 Å². The second kappa shape index (κ2) is 12.0. The Balaban J connectivity index is 1.28. The number of benzene rings is 2. The lowest BCUT2D eigenvalue weighted by Gasteiger charge is -2.17. The molecule has 0 radical (unpaired) electrons. The van der Waals surface area contributed by atoms with Crippen molar-refractivity contribution >= 4 is 56.8 Å². The van der Waals surface area contributed by atoms with Crippen molar-refractivity contribution in [2.24, 2.45) is 10.4 Å². The molecule has 2 aromatic carbocycles. The van der Waals surface area contributed by atoms with Crippen LogP contribution in [0.3, 0.4) is 0 Å². The van der Waals surface area contributed by atoms with Crippen molar-refractivity contribution in [3.8, 4) is 17.2 Å². The number of methoxy groups -OCH3 is 1. The van der Waals surface area contributed by atoms with E-state index in [2.05, 4.69) is 27.2 Å². The van der Waals surface area contributed by atoms with Gasteiger partial charge in [-0.3, -0.25) is 14.6 Å². The highest BCUT2D eigenvalue weighted by atomic mass is 32.1. The molecule has 11 heteroatoms. The second-order valence-corrected chi connectivity index (χ2v) is 10.9.